The fourth-order valence-corrected chi connectivity index (χ4v) is 2.52. The second-order valence-electron chi connectivity index (χ2n) is 5.03. The second kappa shape index (κ2) is 8.23. The van der Waals surface area contributed by atoms with Gasteiger partial charge < -0.3 is 11.1 Å². The third-order valence-corrected chi connectivity index (χ3v) is 4.14. The average Bonchev–Trinajstić information content (AvgIpc) is 2.37. The molecule has 19 heavy (non-hydrogen) atoms. The standard InChI is InChI=1S/C15H24N2OS/c1-11(2)13-5-4-6-14(9-13)17-15(18)10-19-12(3)7-8-16/h4-6,9,11-12H,7-8,10,16H2,1-3H3,(H,17,18). The van der Waals surface area contributed by atoms with E-state index in [0.29, 0.717) is 23.5 Å². The summed E-state index contributed by atoms with van der Waals surface area (Å²) in [6.07, 6.45) is 0.945. The molecule has 0 aliphatic rings. The van der Waals surface area contributed by atoms with Crippen molar-refractivity contribution in [1.82, 2.24) is 0 Å². The molecule has 0 saturated carbocycles. The second-order valence-corrected chi connectivity index (χ2v) is 6.45. The number of hydrogen-bond donors (Lipinski definition) is 2. The molecule has 0 fully saturated rings. The van der Waals surface area contributed by atoms with Gasteiger partial charge in [-0.25, -0.2) is 0 Å². The van der Waals surface area contributed by atoms with E-state index in [2.05, 4.69) is 32.2 Å². The zero-order valence-electron chi connectivity index (χ0n) is 12.0. The van der Waals surface area contributed by atoms with Crippen molar-refractivity contribution in [2.75, 3.05) is 17.6 Å². The van der Waals surface area contributed by atoms with Gasteiger partial charge in [-0.2, -0.15) is 0 Å². The van der Waals surface area contributed by atoms with E-state index >= 15 is 0 Å². The lowest BCUT2D eigenvalue weighted by Crippen LogP contribution is -2.17. The minimum absolute atomic E-state index is 0.0507. The molecule has 1 rings (SSSR count). The van der Waals surface area contributed by atoms with E-state index in [1.54, 1.807) is 11.8 Å². The Kier molecular flexibility index (Phi) is 6.95. The number of nitrogens with two attached hydrogens (primary N) is 1. The first-order valence-corrected chi connectivity index (χ1v) is 7.79. The van der Waals surface area contributed by atoms with E-state index in [-0.39, 0.29) is 5.91 Å². The quantitative estimate of drug-likeness (QED) is 0.806. The summed E-state index contributed by atoms with van der Waals surface area (Å²) in [5, 5.41) is 3.37. The van der Waals surface area contributed by atoms with Gasteiger partial charge in [-0.1, -0.05) is 32.9 Å². The molecule has 0 aromatic heterocycles. The van der Waals surface area contributed by atoms with Gasteiger partial charge in [-0.3, -0.25) is 4.79 Å². The molecule has 1 amide bonds. The number of anilines is 1. The topological polar surface area (TPSA) is 55.1 Å². The zero-order chi connectivity index (χ0) is 14.3. The van der Waals surface area contributed by atoms with Crippen LogP contribution in [0.4, 0.5) is 5.69 Å². The van der Waals surface area contributed by atoms with E-state index < -0.39 is 0 Å². The predicted molar refractivity (Wildman–Crippen MR) is 84.8 cm³/mol. The Morgan fingerprint density at radius 3 is 2.74 bits per heavy atom. The van der Waals surface area contributed by atoms with Crippen LogP contribution in [0.1, 0.15) is 38.7 Å². The number of thioether (sulfide) groups is 1. The van der Waals surface area contributed by atoms with Crippen LogP contribution in [0.2, 0.25) is 0 Å². The number of amides is 1. The lowest BCUT2D eigenvalue weighted by atomic mass is 10.0. The average molecular weight is 280 g/mol. The maximum Gasteiger partial charge on any atom is 0.234 e. The van der Waals surface area contributed by atoms with Crippen LogP contribution < -0.4 is 11.1 Å². The molecule has 3 nitrogen and oxygen atoms in total. The molecular weight excluding hydrogens is 256 g/mol. The fourth-order valence-electron chi connectivity index (χ4n) is 1.71. The molecule has 0 radical (unpaired) electrons. The zero-order valence-corrected chi connectivity index (χ0v) is 12.8. The molecule has 1 atom stereocenters. The Morgan fingerprint density at radius 1 is 1.37 bits per heavy atom. The Balaban J connectivity index is 2.46. The Morgan fingerprint density at radius 2 is 2.11 bits per heavy atom. The van der Waals surface area contributed by atoms with Crippen molar-refractivity contribution in [2.24, 2.45) is 5.73 Å². The van der Waals surface area contributed by atoms with Crippen LogP contribution in [0.5, 0.6) is 0 Å². The van der Waals surface area contributed by atoms with Crippen molar-refractivity contribution in [3.8, 4) is 0 Å². The molecule has 0 spiro atoms. The minimum atomic E-state index is 0.0507. The van der Waals surface area contributed by atoms with E-state index in [0.717, 1.165) is 12.1 Å². The third-order valence-electron chi connectivity index (χ3n) is 2.91. The summed E-state index contributed by atoms with van der Waals surface area (Å²) < 4.78 is 0. The maximum atomic E-state index is 11.8. The number of hydrogen-bond acceptors (Lipinski definition) is 3. The summed E-state index contributed by atoms with van der Waals surface area (Å²) in [6.45, 7) is 7.06. The largest absolute Gasteiger partial charge is 0.330 e. The van der Waals surface area contributed by atoms with E-state index in [1.807, 2.05) is 18.2 Å². The molecule has 3 N–H and O–H groups in total. The molecule has 106 valence electrons. The van der Waals surface area contributed by atoms with Crippen LogP contribution >= 0.6 is 11.8 Å². The first kappa shape index (κ1) is 16.1. The van der Waals surface area contributed by atoms with Crippen LogP contribution in [0.3, 0.4) is 0 Å². The first-order chi connectivity index (χ1) is 9.02. The van der Waals surface area contributed by atoms with Crippen LogP contribution in [0.15, 0.2) is 24.3 Å². The summed E-state index contributed by atoms with van der Waals surface area (Å²) in [5.41, 5.74) is 7.61. The Hall–Kier alpha value is -1.00. The van der Waals surface area contributed by atoms with Gasteiger partial charge in [0.05, 0.1) is 5.75 Å². The summed E-state index contributed by atoms with van der Waals surface area (Å²) in [7, 11) is 0. The maximum absolute atomic E-state index is 11.8. The molecule has 0 aliphatic carbocycles. The van der Waals surface area contributed by atoms with Crippen LogP contribution in [-0.2, 0) is 4.79 Å². The van der Waals surface area contributed by atoms with Gasteiger partial charge in [0.1, 0.15) is 0 Å². The number of carbonyl (C=O) groups excluding carboxylic acids is 1. The molecular formula is C15H24N2OS. The predicted octanol–water partition coefficient (Wildman–Crippen LogP) is 3.22. The van der Waals surface area contributed by atoms with Gasteiger partial charge in [-0.05, 0) is 36.6 Å². The number of rotatable bonds is 7. The molecule has 0 heterocycles. The van der Waals surface area contributed by atoms with Crippen molar-refractivity contribution in [1.29, 1.82) is 0 Å². The first-order valence-electron chi connectivity index (χ1n) is 6.74. The van der Waals surface area contributed by atoms with E-state index in [9.17, 15) is 4.79 Å². The Bertz CT molecular complexity index is 407. The van der Waals surface area contributed by atoms with Crippen LogP contribution in [-0.4, -0.2) is 23.5 Å². The number of benzene rings is 1. The summed E-state index contributed by atoms with van der Waals surface area (Å²) in [5.74, 6) is 0.998. The van der Waals surface area contributed by atoms with Crippen molar-refractivity contribution >= 4 is 23.4 Å². The normalized spacial score (nSPS) is 12.5. The lowest BCUT2D eigenvalue weighted by molar-refractivity contribution is -0.113. The highest BCUT2D eigenvalue weighted by molar-refractivity contribution is 8.00. The van der Waals surface area contributed by atoms with Crippen molar-refractivity contribution in [3.05, 3.63) is 29.8 Å². The van der Waals surface area contributed by atoms with Gasteiger partial charge >= 0.3 is 0 Å². The van der Waals surface area contributed by atoms with Gasteiger partial charge in [0.15, 0.2) is 0 Å². The van der Waals surface area contributed by atoms with Gasteiger partial charge in [-0.15, -0.1) is 11.8 Å². The molecule has 0 aliphatic heterocycles. The lowest BCUT2D eigenvalue weighted by Gasteiger charge is -2.11. The highest BCUT2D eigenvalue weighted by Gasteiger charge is 2.07. The number of nitrogens with one attached hydrogen (secondary N) is 1. The molecule has 1 aromatic rings. The van der Waals surface area contributed by atoms with Crippen molar-refractivity contribution in [3.63, 3.8) is 0 Å². The van der Waals surface area contributed by atoms with Crippen LogP contribution in [0.25, 0.3) is 0 Å². The Labute approximate surface area is 120 Å². The summed E-state index contributed by atoms with van der Waals surface area (Å²) >= 11 is 1.65. The highest BCUT2D eigenvalue weighted by atomic mass is 32.2. The molecule has 4 heteroatoms. The van der Waals surface area contributed by atoms with Crippen LogP contribution in [0, 0.1) is 0 Å². The molecule has 1 aromatic carbocycles. The van der Waals surface area contributed by atoms with E-state index in [1.165, 1.54) is 5.56 Å². The monoisotopic (exact) mass is 280 g/mol. The smallest absolute Gasteiger partial charge is 0.234 e. The van der Waals surface area contributed by atoms with E-state index in [4.69, 9.17) is 5.73 Å². The minimum Gasteiger partial charge on any atom is -0.330 e. The van der Waals surface area contributed by atoms with Crippen molar-refractivity contribution in [2.45, 2.75) is 38.4 Å². The summed E-state index contributed by atoms with van der Waals surface area (Å²) in [4.78, 5) is 11.8. The number of carbonyl (C=O) groups is 1. The third kappa shape index (κ3) is 6.12. The fraction of sp³-hybridized carbons (Fsp3) is 0.533. The molecule has 0 saturated heterocycles. The molecule has 1 unspecified atom stereocenters. The van der Waals surface area contributed by atoms with Gasteiger partial charge in [0, 0.05) is 10.9 Å². The van der Waals surface area contributed by atoms with Gasteiger partial charge in [0.25, 0.3) is 0 Å². The summed E-state index contributed by atoms with van der Waals surface area (Å²) in [6, 6.07) is 8.03. The molecule has 0 bridgehead atoms. The highest BCUT2D eigenvalue weighted by Crippen LogP contribution is 2.19. The SMILES string of the molecule is CC(CCN)SCC(=O)Nc1cccc(C(C)C)c1. The van der Waals surface area contributed by atoms with Crippen molar-refractivity contribution < 1.29 is 4.79 Å². The van der Waals surface area contributed by atoms with Gasteiger partial charge in [0.2, 0.25) is 5.91 Å².